The van der Waals surface area contributed by atoms with Crippen LogP contribution in [0.2, 0.25) is 0 Å². The van der Waals surface area contributed by atoms with E-state index >= 15 is 0 Å². The number of amides is 2. The topological polar surface area (TPSA) is 71.3 Å². The van der Waals surface area contributed by atoms with Crippen LogP contribution < -0.4 is 5.32 Å². The van der Waals surface area contributed by atoms with Crippen molar-refractivity contribution in [2.75, 3.05) is 13.1 Å². The number of hydrogen-bond acceptors (Lipinski definition) is 4. The molecule has 6 heteroatoms. The molecule has 0 bridgehead atoms. The Labute approximate surface area is 132 Å². The van der Waals surface area contributed by atoms with Gasteiger partial charge in [0.1, 0.15) is 0 Å². The maximum atomic E-state index is 12.3. The predicted molar refractivity (Wildman–Crippen MR) is 84.5 cm³/mol. The fourth-order valence-corrected chi connectivity index (χ4v) is 2.54. The van der Waals surface area contributed by atoms with E-state index in [0.29, 0.717) is 18.3 Å². The zero-order chi connectivity index (χ0) is 16.1. The van der Waals surface area contributed by atoms with Crippen LogP contribution in [0.5, 0.6) is 0 Å². The Morgan fingerprint density at radius 2 is 2.27 bits per heavy atom. The Kier molecular flexibility index (Phi) is 5.57. The maximum Gasteiger partial charge on any atom is 0.318 e. The van der Waals surface area contributed by atoms with E-state index < -0.39 is 0 Å². The van der Waals surface area contributed by atoms with E-state index in [2.05, 4.69) is 35.4 Å². The zero-order valence-electron chi connectivity index (χ0n) is 13.9. The second kappa shape index (κ2) is 7.42. The van der Waals surface area contributed by atoms with Crippen LogP contribution in [0.15, 0.2) is 16.2 Å². The van der Waals surface area contributed by atoms with Crippen LogP contribution in [0.4, 0.5) is 4.79 Å². The van der Waals surface area contributed by atoms with E-state index in [-0.39, 0.29) is 18.0 Å². The van der Waals surface area contributed by atoms with Gasteiger partial charge in [-0.1, -0.05) is 30.7 Å². The normalized spacial score (nSPS) is 17.9. The molecule has 1 aliphatic heterocycles. The summed E-state index contributed by atoms with van der Waals surface area (Å²) in [4.78, 5) is 18.6. The zero-order valence-corrected chi connectivity index (χ0v) is 13.9. The average molecular weight is 306 g/mol. The van der Waals surface area contributed by atoms with E-state index in [1.165, 1.54) is 5.57 Å². The lowest BCUT2D eigenvalue weighted by atomic mass is 10.2. The van der Waals surface area contributed by atoms with Crippen molar-refractivity contribution >= 4 is 6.03 Å². The third kappa shape index (κ3) is 4.08. The van der Waals surface area contributed by atoms with Gasteiger partial charge in [0.2, 0.25) is 5.89 Å². The highest BCUT2D eigenvalue weighted by Crippen LogP contribution is 2.30. The van der Waals surface area contributed by atoms with Crippen LogP contribution in [-0.4, -0.2) is 34.2 Å². The molecule has 1 aromatic rings. The van der Waals surface area contributed by atoms with Gasteiger partial charge < -0.3 is 14.7 Å². The molecule has 2 rings (SSSR count). The predicted octanol–water partition coefficient (Wildman–Crippen LogP) is 3.40. The smallest absolute Gasteiger partial charge is 0.318 e. The minimum absolute atomic E-state index is 0.0412. The second-order valence-electron chi connectivity index (χ2n) is 6.30. The molecule has 22 heavy (non-hydrogen) atoms. The van der Waals surface area contributed by atoms with Crippen molar-refractivity contribution in [1.82, 2.24) is 20.4 Å². The number of hydrogen-bond donors (Lipinski definition) is 1. The van der Waals surface area contributed by atoms with Crippen LogP contribution >= 0.6 is 0 Å². The molecular weight excluding hydrogens is 280 g/mol. The highest BCUT2D eigenvalue weighted by atomic mass is 16.5. The Morgan fingerprint density at radius 1 is 1.50 bits per heavy atom. The van der Waals surface area contributed by atoms with Gasteiger partial charge in [0.05, 0.1) is 6.04 Å². The second-order valence-corrected chi connectivity index (χ2v) is 6.30. The number of nitrogens with one attached hydrogen (secondary N) is 1. The Balaban J connectivity index is 1.94. The molecule has 1 fully saturated rings. The Hall–Kier alpha value is -1.85. The summed E-state index contributed by atoms with van der Waals surface area (Å²) in [7, 11) is 0. The number of carbonyl (C=O) groups excluding carboxylic acids is 1. The standard InChI is InChI=1S/C16H26N4O2/c1-11(2)7-5-9-17-16(21)20-10-6-8-13(20)14-18-15(12(3)4)22-19-14/h7,12-13H,5-6,8-10H2,1-4H3,(H,17,21). The molecule has 0 saturated carbocycles. The third-order valence-electron chi connectivity index (χ3n) is 3.74. The summed E-state index contributed by atoms with van der Waals surface area (Å²) in [5.74, 6) is 1.46. The van der Waals surface area contributed by atoms with Gasteiger partial charge >= 0.3 is 6.03 Å². The molecule has 0 aromatic carbocycles. The summed E-state index contributed by atoms with van der Waals surface area (Å²) >= 11 is 0. The monoisotopic (exact) mass is 306 g/mol. The summed E-state index contributed by atoms with van der Waals surface area (Å²) in [6.07, 6.45) is 4.83. The van der Waals surface area contributed by atoms with Crippen molar-refractivity contribution in [3.8, 4) is 0 Å². The van der Waals surface area contributed by atoms with Crippen molar-refractivity contribution in [2.45, 2.75) is 58.9 Å². The quantitative estimate of drug-likeness (QED) is 0.668. The molecule has 2 amide bonds. The van der Waals surface area contributed by atoms with Gasteiger partial charge in [-0.3, -0.25) is 0 Å². The number of likely N-dealkylation sites (tertiary alicyclic amines) is 1. The first-order valence-corrected chi connectivity index (χ1v) is 8.00. The maximum absolute atomic E-state index is 12.3. The summed E-state index contributed by atoms with van der Waals surface area (Å²) < 4.78 is 5.26. The van der Waals surface area contributed by atoms with Crippen molar-refractivity contribution < 1.29 is 9.32 Å². The first kappa shape index (κ1) is 16.5. The van der Waals surface area contributed by atoms with Crippen molar-refractivity contribution in [1.29, 1.82) is 0 Å². The molecule has 0 radical (unpaired) electrons. The minimum Gasteiger partial charge on any atom is -0.339 e. The van der Waals surface area contributed by atoms with E-state index in [0.717, 1.165) is 25.8 Å². The minimum atomic E-state index is -0.0697. The molecular formula is C16H26N4O2. The number of allylic oxidation sites excluding steroid dienone is 1. The summed E-state index contributed by atoms with van der Waals surface area (Å²) in [5, 5.41) is 7.02. The van der Waals surface area contributed by atoms with Crippen LogP contribution in [0.1, 0.15) is 70.6 Å². The molecule has 2 heterocycles. The van der Waals surface area contributed by atoms with Gasteiger partial charge in [-0.25, -0.2) is 4.79 Å². The highest BCUT2D eigenvalue weighted by Gasteiger charge is 2.33. The summed E-state index contributed by atoms with van der Waals surface area (Å²) in [6, 6.07) is -0.111. The highest BCUT2D eigenvalue weighted by molar-refractivity contribution is 5.74. The van der Waals surface area contributed by atoms with Gasteiger partial charge in [0.15, 0.2) is 5.82 Å². The first-order valence-electron chi connectivity index (χ1n) is 8.00. The largest absolute Gasteiger partial charge is 0.339 e. The number of urea groups is 1. The fourth-order valence-electron chi connectivity index (χ4n) is 2.54. The van der Waals surface area contributed by atoms with Crippen LogP contribution in [0, 0.1) is 0 Å². The van der Waals surface area contributed by atoms with E-state index in [1.54, 1.807) is 0 Å². The van der Waals surface area contributed by atoms with Gasteiger partial charge in [0, 0.05) is 19.0 Å². The third-order valence-corrected chi connectivity index (χ3v) is 3.74. The molecule has 1 unspecified atom stereocenters. The molecule has 1 atom stereocenters. The SMILES string of the molecule is CC(C)=CCCNC(=O)N1CCCC1c1noc(C(C)C)n1. The molecule has 1 N–H and O–H groups in total. The van der Waals surface area contributed by atoms with Crippen molar-refractivity contribution in [3.63, 3.8) is 0 Å². The number of carbonyl (C=O) groups is 1. The molecule has 1 aromatic heterocycles. The molecule has 0 spiro atoms. The molecule has 0 aliphatic carbocycles. The Bertz CT molecular complexity index is 532. The van der Waals surface area contributed by atoms with Gasteiger partial charge in [-0.2, -0.15) is 4.98 Å². The van der Waals surface area contributed by atoms with Crippen molar-refractivity contribution in [2.24, 2.45) is 0 Å². The molecule has 1 aliphatic rings. The molecule has 1 saturated heterocycles. The molecule has 6 nitrogen and oxygen atoms in total. The van der Waals surface area contributed by atoms with Gasteiger partial charge in [-0.15, -0.1) is 0 Å². The number of rotatable bonds is 5. The van der Waals surface area contributed by atoms with E-state index in [9.17, 15) is 4.79 Å². The van der Waals surface area contributed by atoms with Crippen LogP contribution in [0.25, 0.3) is 0 Å². The lowest BCUT2D eigenvalue weighted by Gasteiger charge is -2.22. The summed E-state index contributed by atoms with van der Waals surface area (Å²) in [5.41, 5.74) is 1.27. The van der Waals surface area contributed by atoms with Gasteiger partial charge in [0.25, 0.3) is 0 Å². The number of aromatic nitrogens is 2. The van der Waals surface area contributed by atoms with Crippen molar-refractivity contribution in [3.05, 3.63) is 23.4 Å². The lowest BCUT2D eigenvalue weighted by Crippen LogP contribution is -2.40. The number of nitrogens with zero attached hydrogens (tertiary/aromatic N) is 3. The van der Waals surface area contributed by atoms with E-state index in [1.807, 2.05) is 18.7 Å². The first-order chi connectivity index (χ1) is 10.5. The van der Waals surface area contributed by atoms with Crippen LogP contribution in [0.3, 0.4) is 0 Å². The average Bonchev–Trinajstić information content (AvgIpc) is 3.10. The summed E-state index contributed by atoms with van der Waals surface area (Å²) in [6.45, 7) is 9.53. The van der Waals surface area contributed by atoms with E-state index in [4.69, 9.17) is 4.52 Å². The van der Waals surface area contributed by atoms with Gasteiger partial charge in [-0.05, 0) is 33.1 Å². The fraction of sp³-hybridized carbons (Fsp3) is 0.688. The molecule has 122 valence electrons. The Morgan fingerprint density at radius 3 is 2.91 bits per heavy atom. The lowest BCUT2D eigenvalue weighted by molar-refractivity contribution is 0.190. The van der Waals surface area contributed by atoms with Crippen LogP contribution in [-0.2, 0) is 0 Å².